The summed E-state index contributed by atoms with van der Waals surface area (Å²) in [6, 6.07) is 3.59. The van der Waals surface area contributed by atoms with Gasteiger partial charge >= 0.3 is 6.03 Å². The molecule has 110 valence electrons. The van der Waals surface area contributed by atoms with Crippen LogP contribution in [0.5, 0.6) is 5.88 Å². The molecule has 0 bridgehead atoms. The minimum absolute atomic E-state index is 0.149. The van der Waals surface area contributed by atoms with E-state index in [2.05, 4.69) is 15.6 Å². The molecule has 0 aliphatic carbocycles. The van der Waals surface area contributed by atoms with Gasteiger partial charge in [-0.3, -0.25) is 0 Å². The normalized spacial score (nSPS) is 17.8. The SMILES string of the molecule is COc1nc(C)ccc1CNC(=O)NC[C@H]1CCCO1. The van der Waals surface area contributed by atoms with Crippen LogP contribution in [0.2, 0.25) is 0 Å². The van der Waals surface area contributed by atoms with Gasteiger partial charge in [-0.05, 0) is 25.8 Å². The minimum atomic E-state index is -0.205. The smallest absolute Gasteiger partial charge is 0.315 e. The Kier molecular flexibility index (Phi) is 5.17. The first kappa shape index (κ1) is 14.6. The number of carbonyl (C=O) groups is 1. The summed E-state index contributed by atoms with van der Waals surface area (Å²) in [5.74, 6) is 0.546. The van der Waals surface area contributed by atoms with E-state index < -0.39 is 0 Å². The Morgan fingerprint density at radius 1 is 1.50 bits per heavy atom. The zero-order chi connectivity index (χ0) is 14.4. The topological polar surface area (TPSA) is 72.5 Å². The van der Waals surface area contributed by atoms with Crippen molar-refractivity contribution < 1.29 is 14.3 Å². The Bertz CT molecular complexity index is 459. The molecule has 1 aliphatic rings. The molecule has 0 radical (unpaired) electrons. The molecule has 0 unspecified atom stereocenters. The van der Waals surface area contributed by atoms with Crippen LogP contribution >= 0.6 is 0 Å². The fourth-order valence-electron chi connectivity index (χ4n) is 2.12. The van der Waals surface area contributed by atoms with E-state index in [1.165, 1.54) is 0 Å². The molecule has 0 aromatic carbocycles. The standard InChI is InChI=1S/C14H21N3O3/c1-10-5-6-11(13(17-10)19-2)8-15-14(18)16-9-12-4-3-7-20-12/h5-6,12H,3-4,7-9H2,1-2H3,(H2,15,16,18)/t12-/m1/s1. The second-order valence-corrected chi connectivity index (χ2v) is 4.82. The molecule has 2 amide bonds. The number of nitrogens with zero attached hydrogens (tertiary/aromatic N) is 1. The van der Waals surface area contributed by atoms with E-state index in [0.717, 1.165) is 30.7 Å². The van der Waals surface area contributed by atoms with Crippen molar-refractivity contribution in [2.45, 2.75) is 32.4 Å². The Hall–Kier alpha value is -1.82. The summed E-state index contributed by atoms with van der Waals surface area (Å²) < 4.78 is 10.6. The zero-order valence-electron chi connectivity index (χ0n) is 11.9. The Morgan fingerprint density at radius 2 is 2.35 bits per heavy atom. The van der Waals surface area contributed by atoms with Gasteiger partial charge in [-0.2, -0.15) is 0 Å². The third-order valence-corrected chi connectivity index (χ3v) is 3.23. The lowest BCUT2D eigenvalue weighted by Crippen LogP contribution is -2.39. The molecule has 2 heterocycles. The Labute approximate surface area is 118 Å². The fourth-order valence-corrected chi connectivity index (χ4v) is 2.12. The maximum Gasteiger partial charge on any atom is 0.315 e. The molecular weight excluding hydrogens is 258 g/mol. The van der Waals surface area contributed by atoms with Gasteiger partial charge in [0.15, 0.2) is 0 Å². The Morgan fingerprint density at radius 3 is 3.05 bits per heavy atom. The van der Waals surface area contributed by atoms with Crippen molar-refractivity contribution in [2.24, 2.45) is 0 Å². The molecule has 6 nitrogen and oxygen atoms in total. The molecule has 1 aromatic heterocycles. The number of pyridine rings is 1. The van der Waals surface area contributed by atoms with Crippen LogP contribution in [-0.4, -0.2) is 37.4 Å². The molecule has 2 rings (SSSR count). The second-order valence-electron chi connectivity index (χ2n) is 4.82. The molecule has 20 heavy (non-hydrogen) atoms. The first-order valence-electron chi connectivity index (χ1n) is 6.83. The number of amides is 2. The Balaban J connectivity index is 1.77. The van der Waals surface area contributed by atoms with Crippen LogP contribution in [0.3, 0.4) is 0 Å². The van der Waals surface area contributed by atoms with Crippen molar-refractivity contribution >= 4 is 6.03 Å². The number of methoxy groups -OCH3 is 1. The zero-order valence-corrected chi connectivity index (χ0v) is 11.9. The highest BCUT2D eigenvalue weighted by Gasteiger charge is 2.16. The molecule has 1 aliphatic heterocycles. The first-order valence-corrected chi connectivity index (χ1v) is 6.83. The van der Waals surface area contributed by atoms with Gasteiger partial charge in [0.05, 0.1) is 13.2 Å². The number of carbonyl (C=O) groups excluding carboxylic acids is 1. The summed E-state index contributed by atoms with van der Waals surface area (Å²) >= 11 is 0. The van der Waals surface area contributed by atoms with Crippen LogP contribution in [0, 0.1) is 6.92 Å². The van der Waals surface area contributed by atoms with Crippen molar-refractivity contribution in [1.29, 1.82) is 0 Å². The van der Waals surface area contributed by atoms with Crippen molar-refractivity contribution in [3.63, 3.8) is 0 Å². The monoisotopic (exact) mass is 279 g/mol. The molecule has 2 N–H and O–H groups in total. The molecule has 1 aromatic rings. The third-order valence-electron chi connectivity index (χ3n) is 3.23. The van der Waals surface area contributed by atoms with Crippen LogP contribution in [-0.2, 0) is 11.3 Å². The van der Waals surface area contributed by atoms with E-state index in [0.29, 0.717) is 19.0 Å². The lowest BCUT2D eigenvalue weighted by Gasteiger charge is -2.13. The van der Waals surface area contributed by atoms with Gasteiger partial charge in [0.2, 0.25) is 5.88 Å². The quantitative estimate of drug-likeness (QED) is 0.854. The largest absolute Gasteiger partial charge is 0.481 e. The highest BCUT2D eigenvalue weighted by molar-refractivity contribution is 5.73. The predicted molar refractivity (Wildman–Crippen MR) is 74.7 cm³/mol. The maximum absolute atomic E-state index is 11.7. The molecule has 1 atom stereocenters. The van der Waals surface area contributed by atoms with Crippen molar-refractivity contribution in [3.05, 3.63) is 23.4 Å². The highest BCUT2D eigenvalue weighted by Crippen LogP contribution is 2.15. The average molecular weight is 279 g/mol. The van der Waals surface area contributed by atoms with E-state index in [1.807, 2.05) is 19.1 Å². The lowest BCUT2D eigenvalue weighted by molar-refractivity contribution is 0.111. The maximum atomic E-state index is 11.7. The predicted octanol–water partition coefficient (Wildman–Crippen LogP) is 1.38. The van der Waals surface area contributed by atoms with Crippen LogP contribution in [0.15, 0.2) is 12.1 Å². The van der Waals surface area contributed by atoms with Crippen LogP contribution in [0.1, 0.15) is 24.1 Å². The number of aromatic nitrogens is 1. The third kappa shape index (κ3) is 4.09. The fraction of sp³-hybridized carbons (Fsp3) is 0.571. The van der Waals surface area contributed by atoms with Gasteiger partial charge in [-0.25, -0.2) is 9.78 Å². The summed E-state index contributed by atoms with van der Waals surface area (Å²) in [5, 5.41) is 5.60. The number of ether oxygens (including phenoxy) is 2. The van der Waals surface area contributed by atoms with Gasteiger partial charge < -0.3 is 20.1 Å². The number of rotatable bonds is 5. The van der Waals surface area contributed by atoms with Crippen LogP contribution < -0.4 is 15.4 Å². The van der Waals surface area contributed by atoms with Crippen LogP contribution in [0.25, 0.3) is 0 Å². The second kappa shape index (κ2) is 7.09. The summed E-state index contributed by atoms with van der Waals surface area (Å²) in [5.41, 5.74) is 1.74. The average Bonchev–Trinajstić information content (AvgIpc) is 2.97. The minimum Gasteiger partial charge on any atom is -0.481 e. The van der Waals surface area contributed by atoms with E-state index in [-0.39, 0.29) is 12.1 Å². The molecular formula is C14H21N3O3. The van der Waals surface area contributed by atoms with Crippen LogP contribution in [0.4, 0.5) is 4.79 Å². The number of nitrogens with one attached hydrogen (secondary N) is 2. The molecule has 1 fully saturated rings. The number of hydrogen-bond donors (Lipinski definition) is 2. The van der Waals surface area contributed by atoms with E-state index in [9.17, 15) is 4.79 Å². The first-order chi connectivity index (χ1) is 9.69. The van der Waals surface area contributed by atoms with Gasteiger partial charge in [0.1, 0.15) is 0 Å². The number of hydrogen-bond acceptors (Lipinski definition) is 4. The summed E-state index contributed by atoms with van der Waals surface area (Å²) in [4.78, 5) is 16.0. The van der Waals surface area contributed by atoms with E-state index in [4.69, 9.17) is 9.47 Å². The molecule has 1 saturated heterocycles. The van der Waals surface area contributed by atoms with Gasteiger partial charge in [0.25, 0.3) is 0 Å². The van der Waals surface area contributed by atoms with Crippen molar-refractivity contribution in [2.75, 3.05) is 20.3 Å². The number of urea groups is 1. The van der Waals surface area contributed by atoms with Gasteiger partial charge in [0, 0.05) is 31.0 Å². The van der Waals surface area contributed by atoms with Crippen molar-refractivity contribution in [1.82, 2.24) is 15.6 Å². The van der Waals surface area contributed by atoms with E-state index >= 15 is 0 Å². The summed E-state index contributed by atoms with van der Waals surface area (Å²) in [6.45, 7) is 3.62. The van der Waals surface area contributed by atoms with Crippen molar-refractivity contribution in [3.8, 4) is 5.88 Å². The lowest BCUT2D eigenvalue weighted by atomic mass is 10.2. The van der Waals surface area contributed by atoms with Gasteiger partial charge in [-0.1, -0.05) is 6.07 Å². The summed E-state index contributed by atoms with van der Waals surface area (Å²) in [6.07, 6.45) is 2.23. The molecule has 6 heteroatoms. The molecule has 0 saturated carbocycles. The van der Waals surface area contributed by atoms with E-state index in [1.54, 1.807) is 7.11 Å². The highest BCUT2D eigenvalue weighted by atomic mass is 16.5. The summed E-state index contributed by atoms with van der Waals surface area (Å²) in [7, 11) is 1.57. The van der Waals surface area contributed by atoms with Gasteiger partial charge in [-0.15, -0.1) is 0 Å². The molecule has 0 spiro atoms. The number of aryl methyl sites for hydroxylation is 1.